The maximum atomic E-state index is 12.8. The van der Waals surface area contributed by atoms with Crippen molar-refractivity contribution < 1.29 is 14.6 Å². The van der Waals surface area contributed by atoms with E-state index in [2.05, 4.69) is 0 Å². The van der Waals surface area contributed by atoms with Crippen LogP contribution in [0.4, 0.5) is 0 Å². The van der Waals surface area contributed by atoms with Gasteiger partial charge in [-0.05, 0) is 60.2 Å². The predicted octanol–water partition coefficient (Wildman–Crippen LogP) is 3.76. The van der Waals surface area contributed by atoms with Crippen molar-refractivity contribution in [3.8, 4) is 11.5 Å². The number of phenols is 1. The highest BCUT2D eigenvalue weighted by Crippen LogP contribution is 2.33. The number of rotatable bonds is 2. The summed E-state index contributed by atoms with van der Waals surface area (Å²) in [7, 11) is 0. The third-order valence-corrected chi connectivity index (χ3v) is 5.38. The van der Waals surface area contributed by atoms with Crippen molar-refractivity contribution in [3.63, 3.8) is 0 Å². The third kappa shape index (κ3) is 3.31. The molecule has 0 saturated carbocycles. The van der Waals surface area contributed by atoms with E-state index in [1.54, 1.807) is 18.2 Å². The molecule has 2 aliphatic rings. The number of fused-ring (bicyclic) bond motifs is 1. The minimum absolute atomic E-state index is 0.0662. The molecule has 1 N–H and O–H groups in total. The molecule has 5 heteroatoms. The number of ether oxygens (including phenoxy) is 1. The smallest absolute Gasteiger partial charge is 0.263 e. The monoisotopic (exact) mass is 357 g/mol. The Bertz CT molecular complexity index is 782. The molecule has 0 aliphatic carbocycles. The van der Waals surface area contributed by atoms with Crippen molar-refractivity contribution >= 4 is 17.5 Å². The molecule has 0 unspecified atom stereocenters. The molecular formula is C20H20ClNO3. The molecule has 1 amide bonds. The Hall–Kier alpha value is -2.20. The van der Waals surface area contributed by atoms with Gasteiger partial charge in [0.15, 0.2) is 6.10 Å². The predicted molar refractivity (Wildman–Crippen MR) is 96.2 cm³/mol. The van der Waals surface area contributed by atoms with Crippen LogP contribution in [0.3, 0.4) is 0 Å². The Morgan fingerprint density at radius 2 is 1.84 bits per heavy atom. The zero-order chi connectivity index (χ0) is 17.4. The summed E-state index contributed by atoms with van der Waals surface area (Å²) in [6.45, 7) is 1.47. The van der Waals surface area contributed by atoms with Crippen LogP contribution in [-0.2, 0) is 11.2 Å². The van der Waals surface area contributed by atoms with Gasteiger partial charge < -0.3 is 14.7 Å². The normalized spacial score (nSPS) is 20.2. The fourth-order valence-electron chi connectivity index (χ4n) is 3.74. The number of carbonyl (C=O) groups is 1. The van der Waals surface area contributed by atoms with E-state index in [4.69, 9.17) is 16.3 Å². The summed E-state index contributed by atoms with van der Waals surface area (Å²) in [6.07, 6.45) is 2.02. The van der Waals surface area contributed by atoms with Gasteiger partial charge in [-0.3, -0.25) is 4.79 Å². The van der Waals surface area contributed by atoms with Crippen LogP contribution >= 0.6 is 11.6 Å². The van der Waals surface area contributed by atoms with E-state index in [9.17, 15) is 9.90 Å². The number of aromatic hydroxyl groups is 1. The zero-order valence-electron chi connectivity index (χ0n) is 13.8. The summed E-state index contributed by atoms with van der Waals surface area (Å²) >= 11 is 6.02. The van der Waals surface area contributed by atoms with Crippen LogP contribution in [0, 0.1) is 0 Å². The Balaban J connectivity index is 1.37. The van der Waals surface area contributed by atoms with Crippen LogP contribution in [0.25, 0.3) is 0 Å². The van der Waals surface area contributed by atoms with Gasteiger partial charge in [-0.15, -0.1) is 0 Å². The first-order valence-corrected chi connectivity index (χ1v) is 9.01. The molecule has 25 heavy (non-hydrogen) atoms. The molecule has 1 fully saturated rings. The van der Waals surface area contributed by atoms with Crippen molar-refractivity contribution in [2.24, 2.45) is 0 Å². The summed E-state index contributed by atoms with van der Waals surface area (Å²) < 4.78 is 5.82. The average molecular weight is 358 g/mol. The van der Waals surface area contributed by atoms with E-state index in [0.717, 1.165) is 37.2 Å². The number of piperidine rings is 1. The fourth-order valence-corrected chi connectivity index (χ4v) is 3.93. The van der Waals surface area contributed by atoms with Gasteiger partial charge >= 0.3 is 0 Å². The Labute approximate surface area is 152 Å². The minimum Gasteiger partial charge on any atom is -0.508 e. The zero-order valence-corrected chi connectivity index (χ0v) is 14.6. The Morgan fingerprint density at radius 1 is 1.12 bits per heavy atom. The molecule has 2 aromatic carbocycles. The molecule has 0 aromatic heterocycles. The number of nitrogens with zero attached hydrogens (tertiary/aromatic N) is 1. The molecule has 2 aromatic rings. The molecule has 0 spiro atoms. The van der Waals surface area contributed by atoms with Gasteiger partial charge in [0, 0.05) is 24.5 Å². The molecule has 1 saturated heterocycles. The first-order chi connectivity index (χ1) is 12.1. The molecule has 0 radical (unpaired) electrons. The highest BCUT2D eigenvalue weighted by Gasteiger charge is 2.34. The molecule has 0 bridgehead atoms. The van der Waals surface area contributed by atoms with E-state index in [1.807, 2.05) is 29.2 Å². The minimum atomic E-state index is -0.432. The fraction of sp³-hybridized carbons (Fsp3) is 0.350. The lowest BCUT2D eigenvalue weighted by Gasteiger charge is -2.33. The number of halogens is 1. The highest BCUT2D eigenvalue weighted by molar-refractivity contribution is 6.30. The number of hydrogen-bond acceptors (Lipinski definition) is 3. The highest BCUT2D eigenvalue weighted by atomic mass is 35.5. The summed E-state index contributed by atoms with van der Waals surface area (Å²) in [6, 6.07) is 12.9. The van der Waals surface area contributed by atoms with Gasteiger partial charge in [-0.1, -0.05) is 23.7 Å². The van der Waals surface area contributed by atoms with Gasteiger partial charge in [0.2, 0.25) is 0 Å². The largest absolute Gasteiger partial charge is 0.508 e. The van der Waals surface area contributed by atoms with Crippen molar-refractivity contribution in [3.05, 3.63) is 58.6 Å². The van der Waals surface area contributed by atoms with Crippen molar-refractivity contribution in [2.45, 2.75) is 31.3 Å². The lowest BCUT2D eigenvalue weighted by Crippen LogP contribution is -2.45. The topological polar surface area (TPSA) is 49.8 Å². The van der Waals surface area contributed by atoms with E-state index in [0.29, 0.717) is 17.4 Å². The molecule has 4 rings (SSSR count). The molecule has 1 atom stereocenters. The van der Waals surface area contributed by atoms with Gasteiger partial charge in [0.05, 0.1) is 0 Å². The summed E-state index contributed by atoms with van der Waals surface area (Å²) in [5.41, 5.74) is 2.23. The Morgan fingerprint density at radius 3 is 2.56 bits per heavy atom. The SMILES string of the molecule is O=C([C@H]1Cc2cc(Cl)ccc2O1)N1CCC(c2ccc(O)cc2)CC1. The molecule has 4 nitrogen and oxygen atoms in total. The van der Waals surface area contributed by atoms with Crippen molar-refractivity contribution in [1.82, 2.24) is 4.90 Å². The number of hydrogen-bond donors (Lipinski definition) is 1. The standard InChI is InChI=1S/C20H20ClNO3/c21-16-3-6-18-15(11-16)12-19(25-18)20(24)22-9-7-14(8-10-22)13-1-4-17(23)5-2-13/h1-6,11,14,19,23H,7-10,12H2/t19-/m1/s1. The molecular weight excluding hydrogens is 338 g/mol. The first-order valence-electron chi connectivity index (χ1n) is 8.63. The number of phenolic OH excluding ortho intramolecular Hbond substituents is 1. The second kappa shape index (κ2) is 6.60. The summed E-state index contributed by atoms with van der Waals surface area (Å²) in [4.78, 5) is 14.7. The van der Waals surface area contributed by atoms with E-state index < -0.39 is 6.10 Å². The second-order valence-corrected chi connectivity index (χ2v) is 7.19. The van der Waals surface area contributed by atoms with Crippen molar-refractivity contribution in [1.29, 1.82) is 0 Å². The van der Waals surface area contributed by atoms with Gasteiger partial charge in [-0.2, -0.15) is 0 Å². The number of benzene rings is 2. The van der Waals surface area contributed by atoms with Gasteiger partial charge in [0.25, 0.3) is 5.91 Å². The maximum absolute atomic E-state index is 12.8. The lowest BCUT2D eigenvalue weighted by molar-refractivity contribution is -0.139. The molecule has 2 heterocycles. The first kappa shape index (κ1) is 16.3. The van der Waals surface area contributed by atoms with E-state index in [-0.39, 0.29) is 11.7 Å². The van der Waals surface area contributed by atoms with E-state index in [1.165, 1.54) is 5.56 Å². The number of amides is 1. The lowest BCUT2D eigenvalue weighted by atomic mass is 9.89. The number of carbonyl (C=O) groups excluding carboxylic acids is 1. The summed E-state index contributed by atoms with van der Waals surface area (Å²) in [5.74, 6) is 1.55. The number of likely N-dealkylation sites (tertiary alicyclic amines) is 1. The quantitative estimate of drug-likeness (QED) is 0.890. The molecule has 2 aliphatic heterocycles. The second-order valence-electron chi connectivity index (χ2n) is 6.75. The van der Waals surface area contributed by atoms with E-state index >= 15 is 0 Å². The van der Waals surface area contributed by atoms with Crippen molar-refractivity contribution in [2.75, 3.05) is 13.1 Å². The maximum Gasteiger partial charge on any atom is 0.263 e. The summed E-state index contributed by atoms with van der Waals surface area (Å²) in [5, 5.41) is 10.1. The Kier molecular flexibility index (Phi) is 4.30. The average Bonchev–Trinajstić information content (AvgIpc) is 3.05. The van der Waals surface area contributed by atoms with Crippen LogP contribution in [-0.4, -0.2) is 35.1 Å². The van der Waals surface area contributed by atoms with Gasteiger partial charge in [-0.25, -0.2) is 0 Å². The van der Waals surface area contributed by atoms with Gasteiger partial charge in [0.1, 0.15) is 11.5 Å². The van der Waals surface area contributed by atoms with Crippen LogP contribution < -0.4 is 4.74 Å². The van der Waals surface area contributed by atoms with Crippen LogP contribution in [0.15, 0.2) is 42.5 Å². The van der Waals surface area contributed by atoms with Crippen LogP contribution in [0.1, 0.15) is 29.9 Å². The molecule has 130 valence electrons. The van der Waals surface area contributed by atoms with Crippen LogP contribution in [0.2, 0.25) is 5.02 Å². The van der Waals surface area contributed by atoms with Crippen LogP contribution in [0.5, 0.6) is 11.5 Å². The third-order valence-electron chi connectivity index (χ3n) is 5.14.